The minimum Gasteiger partial charge on any atom is -0.481 e. The van der Waals surface area contributed by atoms with Gasteiger partial charge in [0.15, 0.2) is 0 Å². The zero-order valence-electron chi connectivity index (χ0n) is 11.9. The molecule has 0 aliphatic rings. The molecule has 0 fully saturated rings. The first-order valence-corrected chi connectivity index (χ1v) is 7.56. The second-order valence-corrected chi connectivity index (χ2v) is 5.20. The van der Waals surface area contributed by atoms with Crippen molar-refractivity contribution in [3.05, 3.63) is 0 Å². The summed E-state index contributed by atoms with van der Waals surface area (Å²) in [5.41, 5.74) is 0. The van der Waals surface area contributed by atoms with Gasteiger partial charge in [-0.1, -0.05) is 58.3 Å². The van der Waals surface area contributed by atoms with E-state index in [1.807, 2.05) is 0 Å². The first-order chi connectivity index (χ1) is 8.66. The third-order valence-corrected chi connectivity index (χ3v) is 3.32. The molecule has 108 valence electrons. The molecule has 2 N–H and O–H groups in total. The van der Waals surface area contributed by atoms with Crippen LogP contribution in [-0.2, 0) is 4.79 Å². The summed E-state index contributed by atoms with van der Waals surface area (Å²) >= 11 is 0. The van der Waals surface area contributed by atoms with Crippen LogP contribution in [0, 0.1) is 0 Å². The van der Waals surface area contributed by atoms with E-state index in [0.717, 1.165) is 12.8 Å². The van der Waals surface area contributed by atoms with Crippen molar-refractivity contribution in [2.45, 2.75) is 90.1 Å². The summed E-state index contributed by atoms with van der Waals surface area (Å²) in [5.74, 6) is -0.769. The van der Waals surface area contributed by atoms with Crippen molar-refractivity contribution in [1.82, 2.24) is 0 Å². The Morgan fingerprint density at radius 2 is 1.39 bits per heavy atom. The van der Waals surface area contributed by atoms with Crippen LogP contribution in [0.4, 0.5) is 0 Å². The number of rotatable bonds is 13. The van der Waals surface area contributed by atoms with E-state index in [2.05, 4.69) is 6.92 Å². The lowest BCUT2D eigenvalue weighted by Crippen LogP contribution is -2.07. The lowest BCUT2D eigenvalue weighted by molar-refractivity contribution is -0.137. The molecular formula is C15H30O3. The summed E-state index contributed by atoms with van der Waals surface area (Å²) in [4.78, 5) is 10.3. The van der Waals surface area contributed by atoms with Gasteiger partial charge in [-0.2, -0.15) is 0 Å². The highest BCUT2D eigenvalue weighted by atomic mass is 16.4. The first-order valence-electron chi connectivity index (χ1n) is 7.56. The molecule has 0 aromatic carbocycles. The van der Waals surface area contributed by atoms with E-state index in [-0.39, 0.29) is 12.5 Å². The van der Waals surface area contributed by atoms with Gasteiger partial charge >= 0.3 is 5.97 Å². The molecule has 0 amide bonds. The fourth-order valence-electron chi connectivity index (χ4n) is 2.15. The molecule has 0 radical (unpaired) electrons. The number of carboxylic acids is 1. The maximum absolute atomic E-state index is 10.3. The molecule has 0 saturated heterocycles. The van der Waals surface area contributed by atoms with E-state index in [1.54, 1.807) is 0 Å². The molecule has 0 aliphatic heterocycles. The summed E-state index contributed by atoms with van der Waals surface area (Å²) in [7, 11) is 0. The lowest BCUT2D eigenvalue weighted by atomic mass is 10.0. The molecule has 1 atom stereocenters. The summed E-state index contributed by atoms with van der Waals surface area (Å²) in [6.07, 6.45) is 12.1. The number of unbranched alkanes of at least 4 members (excludes halogenated alkanes) is 7. The van der Waals surface area contributed by atoms with Gasteiger partial charge in [-0.3, -0.25) is 4.79 Å². The molecule has 0 saturated carbocycles. The van der Waals surface area contributed by atoms with Crippen LogP contribution in [0.2, 0.25) is 0 Å². The van der Waals surface area contributed by atoms with Crippen molar-refractivity contribution in [1.29, 1.82) is 0 Å². The summed E-state index contributed by atoms with van der Waals surface area (Å²) < 4.78 is 0. The number of hydrogen-bond acceptors (Lipinski definition) is 2. The number of carbonyl (C=O) groups is 1. The van der Waals surface area contributed by atoms with E-state index in [9.17, 15) is 9.90 Å². The van der Waals surface area contributed by atoms with Crippen LogP contribution in [0.1, 0.15) is 84.0 Å². The predicted molar refractivity (Wildman–Crippen MR) is 74.7 cm³/mol. The molecule has 0 rings (SSSR count). The van der Waals surface area contributed by atoms with E-state index < -0.39 is 5.97 Å². The molecule has 0 aliphatic carbocycles. The van der Waals surface area contributed by atoms with Gasteiger partial charge in [0.1, 0.15) is 0 Å². The van der Waals surface area contributed by atoms with Crippen molar-refractivity contribution >= 4 is 5.97 Å². The smallest absolute Gasteiger partial charge is 0.303 e. The first kappa shape index (κ1) is 17.4. The zero-order chi connectivity index (χ0) is 13.6. The van der Waals surface area contributed by atoms with Crippen LogP contribution in [-0.4, -0.2) is 22.3 Å². The van der Waals surface area contributed by atoms with Crippen LogP contribution in [0.15, 0.2) is 0 Å². The average molecular weight is 258 g/mol. The predicted octanol–water partition coefficient (Wildman–Crippen LogP) is 4.13. The van der Waals surface area contributed by atoms with Gasteiger partial charge in [0.05, 0.1) is 6.10 Å². The lowest BCUT2D eigenvalue weighted by Gasteiger charge is -2.09. The third kappa shape index (κ3) is 13.5. The molecule has 0 bridgehead atoms. The third-order valence-electron chi connectivity index (χ3n) is 3.32. The van der Waals surface area contributed by atoms with Crippen molar-refractivity contribution < 1.29 is 15.0 Å². The molecule has 0 aromatic rings. The number of aliphatic carboxylic acids is 1. The molecular weight excluding hydrogens is 228 g/mol. The highest BCUT2D eigenvalue weighted by Crippen LogP contribution is 2.12. The van der Waals surface area contributed by atoms with E-state index >= 15 is 0 Å². The fourth-order valence-corrected chi connectivity index (χ4v) is 2.15. The van der Waals surface area contributed by atoms with Crippen LogP contribution in [0.3, 0.4) is 0 Å². The number of hydrogen-bond donors (Lipinski definition) is 2. The van der Waals surface area contributed by atoms with Gasteiger partial charge in [-0.15, -0.1) is 0 Å². The van der Waals surface area contributed by atoms with Crippen LogP contribution >= 0.6 is 0 Å². The van der Waals surface area contributed by atoms with Crippen LogP contribution in [0.25, 0.3) is 0 Å². The van der Waals surface area contributed by atoms with E-state index in [0.29, 0.717) is 12.8 Å². The molecule has 18 heavy (non-hydrogen) atoms. The maximum atomic E-state index is 10.3. The minimum atomic E-state index is -0.769. The summed E-state index contributed by atoms with van der Waals surface area (Å²) in [6, 6.07) is 0. The molecule has 0 heterocycles. The van der Waals surface area contributed by atoms with Gasteiger partial charge in [0.25, 0.3) is 0 Å². The van der Waals surface area contributed by atoms with Gasteiger partial charge in [-0.05, 0) is 19.3 Å². The van der Waals surface area contributed by atoms with Crippen molar-refractivity contribution in [3.8, 4) is 0 Å². The fraction of sp³-hybridized carbons (Fsp3) is 0.933. The van der Waals surface area contributed by atoms with Gasteiger partial charge in [0, 0.05) is 6.42 Å². The van der Waals surface area contributed by atoms with Crippen LogP contribution < -0.4 is 0 Å². The topological polar surface area (TPSA) is 57.5 Å². The van der Waals surface area contributed by atoms with E-state index in [4.69, 9.17) is 5.11 Å². The second-order valence-electron chi connectivity index (χ2n) is 5.20. The summed E-state index contributed by atoms with van der Waals surface area (Å²) in [5, 5.41) is 18.1. The molecule has 3 heteroatoms. The zero-order valence-corrected chi connectivity index (χ0v) is 11.9. The number of carboxylic acid groups (broad SMARTS) is 1. The Morgan fingerprint density at radius 1 is 0.889 bits per heavy atom. The monoisotopic (exact) mass is 258 g/mol. The molecule has 3 nitrogen and oxygen atoms in total. The van der Waals surface area contributed by atoms with Gasteiger partial charge < -0.3 is 10.2 Å². The molecule has 0 spiro atoms. The Balaban J connectivity index is 3.15. The van der Waals surface area contributed by atoms with Crippen molar-refractivity contribution in [2.24, 2.45) is 0 Å². The van der Waals surface area contributed by atoms with Crippen molar-refractivity contribution in [2.75, 3.05) is 0 Å². The normalized spacial score (nSPS) is 12.6. The van der Waals surface area contributed by atoms with Gasteiger partial charge in [-0.25, -0.2) is 0 Å². The average Bonchev–Trinajstić information content (AvgIpc) is 2.32. The minimum absolute atomic E-state index is 0.175. The standard InChI is InChI=1S/C15H30O3/c1-2-3-4-5-6-7-8-9-11-14(16)12-10-13-15(17)18/h14,16H,2-13H2,1H3,(H,17,18). The Labute approximate surface area is 112 Å². The maximum Gasteiger partial charge on any atom is 0.303 e. The van der Waals surface area contributed by atoms with Crippen molar-refractivity contribution in [3.63, 3.8) is 0 Å². The Hall–Kier alpha value is -0.570. The van der Waals surface area contributed by atoms with E-state index in [1.165, 1.54) is 44.9 Å². The van der Waals surface area contributed by atoms with Gasteiger partial charge in [0.2, 0.25) is 0 Å². The molecule has 0 aromatic heterocycles. The summed E-state index contributed by atoms with van der Waals surface area (Å²) in [6.45, 7) is 2.23. The Morgan fingerprint density at radius 3 is 1.94 bits per heavy atom. The quantitative estimate of drug-likeness (QED) is 0.488. The number of aliphatic hydroxyl groups is 1. The molecule has 1 unspecified atom stereocenters. The van der Waals surface area contributed by atoms with Crippen LogP contribution in [0.5, 0.6) is 0 Å². The highest BCUT2D eigenvalue weighted by molar-refractivity contribution is 5.66. The Kier molecular flexibility index (Phi) is 12.5. The largest absolute Gasteiger partial charge is 0.481 e. The highest BCUT2D eigenvalue weighted by Gasteiger charge is 2.05. The SMILES string of the molecule is CCCCCCCCCCC(O)CCCC(=O)O. The number of aliphatic hydroxyl groups excluding tert-OH is 1. The Bertz CT molecular complexity index is 192. The second kappa shape index (κ2) is 12.9.